The van der Waals surface area contributed by atoms with Gasteiger partial charge in [-0.15, -0.1) is 12.4 Å². The molecule has 132 valence electrons. The largest absolute Gasteiger partial charge is 0.336 e. The van der Waals surface area contributed by atoms with E-state index in [9.17, 15) is 0 Å². The van der Waals surface area contributed by atoms with Crippen molar-refractivity contribution in [2.75, 3.05) is 26.7 Å². The molecule has 2 unspecified atom stereocenters. The van der Waals surface area contributed by atoms with E-state index in [0.29, 0.717) is 11.7 Å². The van der Waals surface area contributed by atoms with Crippen molar-refractivity contribution in [1.29, 1.82) is 0 Å². The first-order valence-electron chi connectivity index (χ1n) is 8.11. The van der Waals surface area contributed by atoms with Crippen LogP contribution < -0.4 is 5.32 Å². The predicted octanol–water partition coefficient (Wildman–Crippen LogP) is 1.90. The lowest BCUT2D eigenvalue weighted by molar-refractivity contribution is 0.190. The normalized spacial score (nSPS) is 19.3. The molecule has 2 atom stereocenters. The number of benzene rings is 1. The Labute approximate surface area is 152 Å². The molecule has 25 heavy (non-hydrogen) atoms. The van der Waals surface area contributed by atoms with Crippen molar-refractivity contribution in [2.45, 2.75) is 12.1 Å². The van der Waals surface area contributed by atoms with E-state index < -0.39 is 0 Å². The molecular formula is C17H21ClN6O. The molecule has 0 saturated carbocycles. The summed E-state index contributed by atoms with van der Waals surface area (Å²) in [6.45, 7) is 2.78. The van der Waals surface area contributed by atoms with Gasteiger partial charge in [-0.3, -0.25) is 9.58 Å². The maximum atomic E-state index is 5.63. The van der Waals surface area contributed by atoms with Gasteiger partial charge in [0.2, 0.25) is 0 Å². The number of nitrogens with one attached hydrogen (secondary N) is 1. The minimum atomic E-state index is -0.218. The van der Waals surface area contributed by atoms with Gasteiger partial charge >= 0.3 is 0 Å². The zero-order valence-corrected chi connectivity index (χ0v) is 14.8. The highest BCUT2D eigenvalue weighted by atomic mass is 35.5. The molecule has 2 aromatic heterocycles. The second-order valence-electron chi connectivity index (χ2n) is 5.99. The Morgan fingerprint density at radius 3 is 2.80 bits per heavy atom. The summed E-state index contributed by atoms with van der Waals surface area (Å²) in [6, 6.07) is 11.9. The zero-order chi connectivity index (χ0) is 16.4. The third-order valence-corrected chi connectivity index (χ3v) is 4.41. The summed E-state index contributed by atoms with van der Waals surface area (Å²) in [6.07, 6.45) is 3.67. The second kappa shape index (κ2) is 7.77. The molecule has 8 heteroatoms. The molecule has 1 fully saturated rings. The summed E-state index contributed by atoms with van der Waals surface area (Å²) in [5.41, 5.74) is 1.06. The number of halogens is 1. The first-order chi connectivity index (χ1) is 11.8. The molecule has 3 heterocycles. The average Bonchev–Trinajstić information content (AvgIpc) is 3.29. The van der Waals surface area contributed by atoms with Crippen molar-refractivity contribution >= 4 is 12.4 Å². The Morgan fingerprint density at radius 2 is 2.08 bits per heavy atom. The molecule has 7 nitrogen and oxygen atoms in total. The van der Waals surface area contributed by atoms with Crippen LogP contribution in [0.25, 0.3) is 0 Å². The standard InChI is InChI=1S/C17H20N6O.ClH/c1-22-11-9-18-12-14(22)16-20-17(24-21-16)15(23-10-5-8-19-23)13-6-3-2-4-7-13;/h2-8,10,14-15,18H,9,11-12H2,1H3;1H. The number of nitrogens with zero attached hydrogens (tertiary/aromatic N) is 5. The van der Waals surface area contributed by atoms with Gasteiger partial charge in [-0.2, -0.15) is 10.1 Å². The summed E-state index contributed by atoms with van der Waals surface area (Å²) in [4.78, 5) is 6.94. The van der Waals surface area contributed by atoms with Gasteiger partial charge in [0.25, 0.3) is 5.89 Å². The Morgan fingerprint density at radius 1 is 1.24 bits per heavy atom. The average molecular weight is 361 g/mol. The van der Waals surface area contributed by atoms with E-state index in [4.69, 9.17) is 9.51 Å². The maximum Gasteiger partial charge on any atom is 0.256 e. The van der Waals surface area contributed by atoms with Gasteiger partial charge in [-0.05, 0) is 18.7 Å². The summed E-state index contributed by atoms with van der Waals surface area (Å²) in [7, 11) is 2.09. The quantitative estimate of drug-likeness (QED) is 0.766. The molecule has 0 amide bonds. The van der Waals surface area contributed by atoms with Gasteiger partial charge in [0, 0.05) is 32.0 Å². The Hall–Kier alpha value is -2.22. The molecule has 0 radical (unpaired) electrons. The summed E-state index contributed by atoms with van der Waals surface area (Å²) >= 11 is 0. The predicted molar refractivity (Wildman–Crippen MR) is 95.7 cm³/mol. The van der Waals surface area contributed by atoms with E-state index >= 15 is 0 Å². The molecule has 1 aliphatic rings. The third-order valence-electron chi connectivity index (χ3n) is 4.41. The molecule has 1 aliphatic heterocycles. The van der Waals surface area contributed by atoms with Gasteiger partial charge in [-0.1, -0.05) is 35.5 Å². The van der Waals surface area contributed by atoms with Crippen LogP contribution in [0.3, 0.4) is 0 Å². The summed E-state index contributed by atoms with van der Waals surface area (Å²) in [5, 5.41) is 12.0. The van der Waals surface area contributed by atoms with Crippen LogP contribution in [0.15, 0.2) is 53.3 Å². The summed E-state index contributed by atoms with van der Waals surface area (Å²) < 4.78 is 7.47. The first kappa shape index (κ1) is 17.6. The molecule has 4 rings (SSSR count). The van der Waals surface area contributed by atoms with Crippen LogP contribution in [-0.2, 0) is 0 Å². The van der Waals surface area contributed by atoms with Crippen molar-refractivity contribution in [3.8, 4) is 0 Å². The lowest BCUT2D eigenvalue weighted by Gasteiger charge is -2.30. The highest BCUT2D eigenvalue weighted by Crippen LogP contribution is 2.26. The number of rotatable bonds is 4. The highest BCUT2D eigenvalue weighted by Gasteiger charge is 2.29. The monoisotopic (exact) mass is 360 g/mol. The fourth-order valence-corrected chi connectivity index (χ4v) is 3.07. The van der Waals surface area contributed by atoms with Gasteiger partial charge in [-0.25, -0.2) is 0 Å². The van der Waals surface area contributed by atoms with E-state index in [-0.39, 0.29) is 24.5 Å². The molecule has 3 aromatic rings. The second-order valence-corrected chi connectivity index (χ2v) is 5.99. The van der Waals surface area contributed by atoms with Gasteiger partial charge in [0.15, 0.2) is 11.9 Å². The van der Waals surface area contributed by atoms with Gasteiger partial charge in [0.1, 0.15) is 0 Å². The Balaban J connectivity index is 0.00000182. The molecule has 0 aliphatic carbocycles. The van der Waals surface area contributed by atoms with Crippen molar-refractivity contribution in [1.82, 2.24) is 30.1 Å². The third kappa shape index (κ3) is 3.58. The van der Waals surface area contributed by atoms with Crippen LogP contribution in [0, 0.1) is 0 Å². The van der Waals surface area contributed by atoms with Crippen molar-refractivity contribution in [2.24, 2.45) is 0 Å². The lowest BCUT2D eigenvalue weighted by Crippen LogP contribution is -2.44. The van der Waals surface area contributed by atoms with Crippen LogP contribution in [0.4, 0.5) is 0 Å². The van der Waals surface area contributed by atoms with E-state index in [0.717, 1.165) is 25.2 Å². The molecule has 1 N–H and O–H groups in total. The number of piperazine rings is 1. The smallest absolute Gasteiger partial charge is 0.256 e. The Bertz CT molecular complexity index is 776. The van der Waals surface area contributed by atoms with Crippen LogP contribution in [0.1, 0.15) is 29.4 Å². The van der Waals surface area contributed by atoms with E-state index in [1.54, 1.807) is 6.20 Å². The minimum absolute atomic E-state index is 0. The van der Waals surface area contributed by atoms with Crippen LogP contribution in [0.5, 0.6) is 0 Å². The highest BCUT2D eigenvalue weighted by molar-refractivity contribution is 5.85. The number of likely N-dealkylation sites (N-methyl/N-ethyl adjacent to an activating group) is 1. The molecular weight excluding hydrogens is 340 g/mol. The van der Waals surface area contributed by atoms with Crippen molar-refractivity contribution in [3.63, 3.8) is 0 Å². The minimum Gasteiger partial charge on any atom is -0.336 e. The SMILES string of the molecule is CN1CCNCC1c1noc(C(c2ccccc2)n2cccn2)n1.Cl. The van der Waals surface area contributed by atoms with E-state index in [1.807, 2.05) is 47.3 Å². The fraction of sp³-hybridized carbons (Fsp3) is 0.353. The molecule has 0 spiro atoms. The van der Waals surface area contributed by atoms with E-state index in [1.165, 1.54) is 0 Å². The fourth-order valence-electron chi connectivity index (χ4n) is 3.07. The topological polar surface area (TPSA) is 72.0 Å². The zero-order valence-electron chi connectivity index (χ0n) is 13.9. The van der Waals surface area contributed by atoms with Crippen LogP contribution in [0.2, 0.25) is 0 Å². The molecule has 1 saturated heterocycles. The number of hydrogen-bond acceptors (Lipinski definition) is 6. The van der Waals surface area contributed by atoms with Crippen molar-refractivity contribution < 1.29 is 4.52 Å². The number of aromatic nitrogens is 4. The van der Waals surface area contributed by atoms with Gasteiger partial charge < -0.3 is 9.84 Å². The van der Waals surface area contributed by atoms with Gasteiger partial charge in [0.05, 0.1) is 6.04 Å². The van der Waals surface area contributed by atoms with Crippen LogP contribution in [-0.4, -0.2) is 51.5 Å². The Kier molecular flexibility index (Phi) is 5.47. The first-order valence-corrected chi connectivity index (χ1v) is 8.11. The van der Waals surface area contributed by atoms with E-state index in [2.05, 4.69) is 27.5 Å². The number of hydrogen-bond donors (Lipinski definition) is 1. The summed E-state index contributed by atoms with van der Waals surface area (Å²) in [5.74, 6) is 1.27. The molecule has 0 bridgehead atoms. The molecule has 1 aromatic carbocycles. The van der Waals surface area contributed by atoms with Crippen molar-refractivity contribution in [3.05, 3.63) is 66.1 Å². The maximum absolute atomic E-state index is 5.63. The lowest BCUT2D eigenvalue weighted by atomic mass is 10.1. The van der Waals surface area contributed by atoms with Crippen LogP contribution >= 0.6 is 12.4 Å².